The molecule has 0 aromatic carbocycles. The normalized spacial score (nSPS) is 26.8. The highest BCUT2D eigenvalue weighted by molar-refractivity contribution is 7.89. The summed E-state index contributed by atoms with van der Waals surface area (Å²) in [5, 5.41) is 8.81. The van der Waals surface area contributed by atoms with Gasteiger partial charge in [0.25, 0.3) is 0 Å². The van der Waals surface area contributed by atoms with Gasteiger partial charge in [0.05, 0.1) is 0 Å². The van der Waals surface area contributed by atoms with E-state index in [4.69, 9.17) is 5.11 Å². The molecule has 0 amide bonds. The fraction of sp³-hybridized carbons (Fsp3) is 0.615. The molecule has 0 saturated heterocycles. The molecule has 0 spiro atoms. The van der Waals surface area contributed by atoms with E-state index in [1.807, 2.05) is 0 Å². The summed E-state index contributed by atoms with van der Waals surface area (Å²) >= 11 is 0. The molecule has 1 aromatic heterocycles. The van der Waals surface area contributed by atoms with Crippen molar-refractivity contribution in [3.63, 3.8) is 0 Å². The van der Waals surface area contributed by atoms with Crippen LogP contribution < -0.4 is 4.72 Å². The SMILES string of the molecule is CCC1CCC(NS(=O)(=O)c2c[nH]c(C(=O)O)c2)C1C. The lowest BCUT2D eigenvalue weighted by Gasteiger charge is -2.20. The Morgan fingerprint density at radius 3 is 2.70 bits per heavy atom. The average Bonchev–Trinajstić information content (AvgIpc) is 2.98. The second-order valence-corrected chi connectivity index (χ2v) is 7.10. The average molecular weight is 300 g/mol. The van der Waals surface area contributed by atoms with Crippen LogP contribution in [0.2, 0.25) is 0 Å². The van der Waals surface area contributed by atoms with E-state index >= 15 is 0 Å². The summed E-state index contributed by atoms with van der Waals surface area (Å²) in [6.45, 7) is 4.18. The van der Waals surface area contributed by atoms with E-state index in [1.165, 1.54) is 6.20 Å². The Morgan fingerprint density at radius 1 is 1.50 bits per heavy atom. The van der Waals surface area contributed by atoms with Crippen LogP contribution in [0.5, 0.6) is 0 Å². The highest BCUT2D eigenvalue weighted by Gasteiger charge is 2.34. The van der Waals surface area contributed by atoms with Crippen molar-refractivity contribution in [2.75, 3.05) is 0 Å². The van der Waals surface area contributed by atoms with Crippen LogP contribution in [0.1, 0.15) is 43.6 Å². The molecule has 1 aromatic rings. The quantitative estimate of drug-likeness (QED) is 0.772. The number of nitrogens with one attached hydrogen (secondary N) is 2. The molecule has 3 atom stereocenters. The Balaban J connectivity index is 2.13. The highest BCUT2D eigenvalue weighted by atomic mass is 32.2. The van der Waals surface area contributed by atoms with Gasteiger partial charge >= 0.3 is 5.97 Å². The number of aromatic carboxylic acids is 1. The lowest BCUT2D eigenvalue weighted by molar-refractivity contribution is 0.0691. The minimum absolute atomic E-state index is 0.0259. The topological polar surface area (TPSA) is 99.3 Å². The van der Waals surface area contributed by atoms with Crippen LogP contribution in [-0.2, 0) is 10.0 Å². The molecule has 1 fully saturated rings. The Morgan fingerprint density at radius 2 is 2.20 bits per heavy atom. The number of H-pyrrole nitrogens is 1. The van der Waals surface area contributed by atoms with Crippen LogP contribution in [0.3, 0.4) is 0 Å². The van der Waals surface area contributed by atoms with E-state index in [-0.39, 0.29) is 16.6 Å². The molecule has 1 aliphatic carbocycles. The number of carbonyl (C=O) groups is 1. The Labute approximate surface area is 118 Å². The number of rotatable bonds is 5. The van der Waals surface area contributed by atoms with Gasteiger partial charge in [-0.1, -0.05) is 20.3 Å². The number of sulfonamides is 1. The van der Waals surface area contributed by atoms with Crippen molar-refractivity contribution in [1.29, 1.82) is 0 Å². The van der Waals surface area contributed by atoms with Crippen LogP contribution in [0.4, 0.5) is 0 Å². The molecule has 2 rings (SSSR count). The van der Waals surface area contributed by atoms with Gasteiger partial charge < -0.3 is 10.1 Å². The maximum atomic E-state index is 12.2. The second kappa shape index (κ2) is 5.57. The summed E-state index contributed by atoms with van der Waals surface area (Å²) in [6, 6.07) is 1.06. The van der Waals surface area contributed by atoms with Crippen molar-refractivity contribution in [3.8, 4) is 0 Å². The van der Waals surface area contributed by atoms with Crippen molar-refractivity contribution in [2.45, 2.75) is 44.0 Å². The molecule has 112 valence electrons. The van der Waals surface area contributed by atoms with Crippen molar-refractivity contribution >= 4 is 16.0 Å². The second-order valence-electron chi connectivity index (χ2n) is 5.39. The molecule has 3 unspecified atom stereocenters. The number of carboxylic acid groups (broad SMARTS) is 1. The molecule has 1 aliphatic rings. The van der Waals surface area contributed by atoms with Gasteiger partial charge in [0.2, 0.25) is 10.0 Å². The first-order valence-electron chi connectivity index (χ1n) is 6.79. The standard InChI is InChI=1S/C13H20N2O4S/c1-3-9-4-5-11(8(9)2)15-20(18,19)10-6-12(13(16)17)14-7-10/h6-9,11,14-15H,3-5H2,1-2H3,(H,16,17). The zero-order valence-corrected chi connectivity index (χ0v) is 12.4. The van der Waals surface area contributed by atoms with Crippen molar-refractivity contribution in [3.05, 3.63) is 18.0 Å². The van der Waals surface area contributed by atoms with E-state index in [0.717, 1.165) is 25.3 Å². The van der Waals surface area contributed by atoms with Crippen LogP contribution in [0, 0.1) is 11.8 Å². The molecule has 1 saturated carbocycles. The number of hydrogen-bond donors (Lipinski definition) is 3. The molecular formula is C13H20N2O4S. The summed E-state index contributed by atoms with van der Waals surface area (Å²) in [5.74, 6) is -0.331. The van der Waals surface area contributed by atoms with Gasteiger partial charge in [0.15, 0.2) is 0 Å². The maximum absolute atomic E-state index is 12.2. The monoisotopic (exact) mass is 300 g/mol. The summed E-state index contributed by atoms with van der Waals surface area (Å²) in [7, 11) is -3.67. The third-order valence-electron chi connectivity index (χ3n) is 4.25. The zero-order chi connectivity index (χ0) is 14.9. The number of hydrogen-bond acceptors (Lipinski definition) is 3. The Kier molecular flexibility index (Phi) is 4.19. The third kappa shape index (κ3) is 2.88. The van der Waals surface area contributed by atoms with Crippen molar-refractivity contribution in [1.82, 2.24) is 9.71 Å². The largest absolute Gasteiger partial charge is 0.477 e. The van der Waals surface area contributed by atoms with Gasteiger partial charge in [-0.05, 0) is 30.7 Å². The van der Waals surface area contributed by atoms with Gasteiger partial charge in [-0.3, -0.25) is 0 Å². The predicted molar refractivity (Wildman–Crippen MR) is 74.0 cm³/mol. The minimum atomic E-state index is -3.67. The van der Waals surface area contributed by atoms with E-state index in [2.05, 4.69) is 23.6 Å². The lowest BCUT2D eigenvalue weighted by atomic mass is 9.94. The van der Waals surface area contributed by atoms with Crippen LogP contribution >= 0.6 is 0 Å². The highest BCUT2D eigenvalue weighted by Crippen LogP contribution is 2.34. The molecule has 0 bridgehead atoms. The van der Waals surface area contributed by atoms with E-state index in [0.29, 0.717) is 11.8 Å². The van der Waals surface area contributed by atoms with Crippen LogP contribution in [0.25, 0.3) is 0 Å². The van der Waals surface area contributed by atoms with Crippen LogP contribution in [0.15, 0.2) is 17.2 Å². The molecule has 3 N–H and O–H groups in total. The Bertz CT molecular complexity index is 593. The number of carboxylic acids is 1. The summed E-state index contributed by atoms with van der Waals surface area (Å²) in [5.41, 5.74) is -0.128. The molecular weight excluding hydrogens is 280 g/mol. The van der Waals surface area contributed by atoms with Crippen LogP contribution in [-0.4, -0.2) is 30.5 Å². The predicted octanol–water partition coefficient (Wildman–Crippen LogP) is 1.82. The minimum Gasteiger partial charge on any atom is -0.477 e. The Hall–Kier alpha value is -1.34. The molecule has 0 aliphatic heterocycles. The van der Waals surface area contributed by atoms with E-state index in [9.17, 15) is 13.2 Å². The third-order valence-corrected chi connectivity index (χ3v) is 5.72. The first kappa shape index (κ1) is 15.1. The number of aromatic amines is 1. The smallest absolute Gasteiger partial charge is 0.352 e. The van der Waals surface area contributed by atoms with Crippen molar-refractivity contribution < 1.29 is 18.3 Å². The van der Waals surface area contributed by atoms with Gasteiger partial charge in [-0.2, -0.15) is 0 Å². The first-order valence-corrected chi connectivity index (χ1v) is 8.27. The molecule has 7 heteroatoms. The molecule has 0 radical (unpaired) electrons. The fourth-order valence-corrected chi connectivity index (χ4v) is 4.26. The molecule has 20 heavy (non-hydrogen) atoms. The fourth-order valence-electron chi connectivity index (χ4n) is 2.91. The zero-order valence-electron chi connectivity index (χ0n) is 11.6. The van der Waals surface area contributed by atoms with E-state index < -0.39 is 16.0 Å². The van der Waals surface area contributed by atoms with Crippen molar-refractivity contribution in [2.24, 2.45) is 11.8 Å². The first-order chi connectivity index (χ1) is 9.35. The van der Waals surface area contributed by atoms with Gasteiger partial charge in [0.1, 0.15) is 10.6 Å². The molecule has 6 nitrogen and oxygen atoms in total. The maximum Gasteiger partial charge on any atom is 0.352 e. The summed E-state index contributed by atoms with van der Waals surface area (Å²) in [6.07, 6.45) is 4.11. The summed E-state index contributed by atoms with van der Waals surface area (Å²) in [4.78, 5) is 13.2. The van der Waals surface area contributed by atoms with Gasteiger partial charge in [0, 0.05) is 12.2 Å². The van der Waals surface area contributed by atoms with Gasteiger partial charge in [-0.15, -0.1) is 0 Å². The van der Waals surface area contributed by atoms with E-state index in [1.54, 1.807) is 0 Å². The molecule has 1 heterocycles. The van der Waals surface area contributed by atoms with Gasteiger partial charge in [-0.25, -0.2) is 17.9 Å². The lowest BCUT2D eigenvalue weighted by Crippen LogP contribution is -2.37. The summed E-state index contributed by atoms with van der Waals surface area (Å²) < 4.78 is 27.2. The number of aromatic nitrogens is 1.